The Hall–Kier alpha value is -1.57. The highest BCUT2D eigenvalue weighted by atomic mass is 14.8. The molecule has 0 saturated heterocycles. The van der Waals surface area contributed by atoms with Gasteiger partial charge < -0.3 is 5.32 Å². The fourth-order valence-electron chi connectivity index (χ4n) is 2.19. The first kappa shape index (κ1) is 11.9. The maximum Gasteiger partial charge on any atom is 0.0763 e. The number of fused-ring (bicyclic) bond motifs is 1. The fourth-order valence-corrected chi connectivity index (χ4v) is 2.19. The topological polar surface area (TPSA) is 24.9 Å². The van der Waals surface area contributed by atoms with Crippen molar-refractivity contribution in [1.29, 1.82) is 0 Å². The second-order valence-electron chi connectivity index (χ2n) is 5.51. The van der Waals surface area contributed by atoms with Gasteiger partial charge in [0.25, 0.3) is 0 Å². The minimum atomic E-state index is 0.116. The molecule has 0 spiro atoms. The van der Waals surface area contributed by atoms with Crippen LogP contribution in [0.3, 0.4) is 0 Å². The SMILES string of the molecule is CNc1cc(C)nc2c(C(C)(C)C)cccc12. The Bertz CT molecular complexity index is 551. The quantitative estimate of drug-likeness (QED) is 0.801. The molecule has 0 amide bonds. The van der Waals surface area contributed by atoms with Gasteiger partial charge in [-0.2, -0.15) is 0 Å². The Labute approximate surface area is 103 Å². The van der Waals surface area contributed by atoms with Crippen LogP contribution >= 0.6 is 0 Å². The van der Waals surface area contributed by atoms with Crippen molar-refractivity contribution in [2.24, 2.45) is 0 Å². The standard InChI is InChI=1S/C15H20N2/c1-10-9-13(16-5)11-7-6-8-12(14(11)17-10)15(2,3)4/h6-9H,1-5H3,(H,16,17). The average molecular weight is 228 g/mol. The fraction of sp³-hybridized carbons (Fsp3) is 0.400. The summed E-state index contributed by atoms with van der Waals surface area (Å²) in [6.45, 7) is 8.72. The van der Waals surface area contributed by atoms with Crippen LogP contribution in [0.2, 0.25) is 0 Å². The van der Waals surface area contributed by atoms with E-state index in [1.807, 2.05) is 14.0 Å². The number of para-hydroxylation sites is 1. The Morgan fingerprint density at radius 3 is 2.47 bits per heavy atom. The van der Waals surface area contributed by atoms with Gasteiger partial charge in [0, 0.05) is 23.8 Å². The van der Waals surface area contributed by atoms with E-state index in [1.165, 1.54) is 10.9 Å². The second kappa shape index (κ2) is 4.02. The minimum absolute atomic E-state index is 0.116. The Morgan fingerprint density at radius 1 is 1.18 bits per heavy atom. The van der Waals surface area contributed by atoms with Crippen LogP contribution in [-0.2, 0) is 5.41 Å². The molecule has 0 unspecified atom stereocenters. The summed E-state index contributed by atoms with van der Waals surface area (Å²) in [5.74, 6) is 0. The summed E-state index contributed by atoms with van der Waals surface area (Å²) < 4.78 is 0. The van der Waals surface area contributed by atoms with Crippen molar-refractivity contribution in [2.75, 3.05) is 12.4 Å². The van der Waals surface area contributed by atoms with Crippen LogP contribution in [0.25, 0.3) is 10.9 Å². The third-order valence-corrected chi connectivity index (χ3v) is 3.04. The summed E-state index contributed by atoms with van der Waals surface area (Å²) in [6, 6.07) is 8.51. The molecular formula is C15H20N2. The molecule has 1 aromatic heterocycles. The predicted octanol–water partition coefficient (Wildman–Crippen LogP) is 3.88. The minimum Gasteiger partial charge on any atom is -0.388 e. The van der Waals surface area contributed by atoms with Gasteiger partial charge >= 0.3 is 0 Å². The number of hydrogen-bond donors (Lipinski definition) is 1. The van der Waals surface area contributed by atoms with Crippen LogP contribution in [0.4, 0.5) is 5.69 Å². The van der Waals surface area contributed by atoms with E-state index in [2.05, 4.69) is 50.4 Å². The second-order valence-corrected chi connectivity index (χ2v) is 5.51. The van der Waals surface area contributed by atoms with Crippen molar-refractivity contribution < 1.29 is 0 Å². The van der Waals surface area contributed by atoms with E-state index in [4.69, 9.17) is 4.98 Å². The van der Waals surface area contributed by atoms with Gasteiger partial charge in [0.2, 0.25) is 0 Å². The van der Waals surface area contributed by atoms with Gasteiger partial charge in [0.1, 0.15) is 0 Å². The lowest BCUT2D eigenvalue weighted by Gasteiger charge is -2.21. The number of benzene rings is 1. The van der Waals surface area contributed by atoms with Crippen LogP contribution in [0.1, 0.15) is 32.0 Å². The predicted molar refractivity (Wildman–Crippen MR) is 74.7 cm³/mol. The number of hydrogen-bond acceptors (Lipinski definition) is 2. The summed E-state index contributed by atoms with van der Waals surface area (Å²) in [5, 5.41) is 4.45. The van der Waals surface area contributed by atoms with E-state index < -0.39 is 0 Å². The summed E-state index contributed by atoms with van der Waals surface area (Å²) in [7, 11) is 1.96. The highest BCUT2D eigenvalue weighted by Crippen LogP contribution is 2.32. The smallest absolute Gasteiger partial charge is 0.0763 e. The highest BCUT2D eigenvalue weighted by Gasteiger charge is 2.18. The van der Waals surface area contributed by atoms with Crippen molar-refractivity contribution in [3.8, 4) is 0 Å². The molecule has 1 N–H and O–H groups in total. The largest absolute Gasteiger partial charge is 0.388 e. The van der Waals surface area contributed by atoms with Crippen molar-refractivity contribution in [3.63, 3.8) is 0 Å². The molecule has 90 valence electrons. The monoisotopic (exact) mass is 228 g/mol. The molecule has 0 aliphatic rings. The summed E-state index contributed by atoms with van der Waals surface area (Å²) in [4.78, 5) is 4.71. The first-order valence-electron chi connectivity index (χ1n) is 6.02. The number of anilines is 1. The van der Waals surface area contributed by atoms with Gasteiger partial charge in [-0.3, -0.25) is 4.98 Å². The zero-order valence-electron chi connectivity index (χ0n) is 11.3. The van der Waals surface area contributed by atoms with E-state index >= 15 is 0 Å². The summed E-state index contributed by atoms with van der Waals surface area (Å²) in [5.41, 5.74) is 4.74. The van der Waals surface area contributed by atoms with E-state index in [1.54, 1.807) is 0 Å². The van der Waals surface area contributed by atoms with Gasteiger partial charge in [-0.05, 0) is 24.0 Å². The van der Waals surface area contributed by atoms with E-state index in [0.29, 0.717) is 0 Å². The molecule has 0 atom stereocenters. The van der Waals surface area contributed by atoms with Gasteiger partial charge in [-0.15, -0.1) is 0 Å². The number of aromatic nitrogens is 1. The van der Waals surface area contributed by atoms with Crippen LogP contribution in [-0.4, -0.2) is 12.0 Å². The first-order chi connectivity index (χ1) is 7.93. The van der Waals surface area contributed by atoms with Gasteiger partial charge in [-0.1, -0.05) is 39.0 Å². The number of pyridine rings is 1. The molecular weight excluding hydrogens is 208 g/mol. The molecule has 0 aliphatic heterocycles. The molecule has 0 fully saturated rings. The molecule has 1 heterocycles. The summed E-state index contributed by atoms with van der Waals surface area (Å²) in [6.07, 6.45) is 0. The van der Waals surface area contributed by atoms with Crippen LogP contribution in [0.5, 0.6) is 0 Å². The molecule has 2 aromatic rings. The molecule has 1 aromatic carbocycles. The molecule has 0 radical (unpaired) electrons. The lowest BCUT2D eigenvalue weighted by molar-refractivity contribution is 0.594. The molecule has 17 heavy (non-hydrogen) atoms. The van der Waals surface area contributed by atoms with E-state index in [0.717, 1.165) is 16.9 Å². The number of aryl methyl sites for hydroxylation is 1. The molecule has 0 saturated carbocycles. The molecule has 2 nitrogen and oxygen atoms in total. The van der Waals surface area contributed by atoms with Gasteiger partial charge in [-0.25, -0.2) is 0 Å². The lowest BCUT2D eigenvalue weighted by atomic mass is 9.85. The van der Waals surface area contributed by atoms with Crippen LogP contribution in [0.15, 0.2) is 24.3 Å². The van der Waals surface area contributed by atoms with Crippen molar-refractivity contribution in [2.45, 2.75) is 33.1 Å². The zero-order chi connectivity index (χ0) is 12.6. The maximum absolute atomic E-state index is 4.71. The van der Waals surface area contributed by atoms with Crippen LogP contribution < -0.4 is 5.32 Å². The Kier molecular flexibility index (Phi) is 2.82. The van der Waals surface area contributed by atoms with Gasteiger partial charge in [0.05, 0.1) is 5.52 Å². The number of nitrogens with one attached hydrogen (secondary N) is 1. The number of rotatable bonds is 1. The zero-order valence-corrected chi connectivity index (χ0v) is 11.3. The maximum atomic E-state index is 4.71. The molecule has 2 rings (SSSR count). The molecule has 0 aliphatic carbocycles. The van der Waals surface area contributed by atoms with Crippen molar-refractivity contribution in [3.05, 3.63) is 35.5 Å². The normalized spacial score (nSPS) is 11.8. The van der Waals surface area contributed by atoms with Crippen molar-refractivity contribution in [1.82, 2.24) is 4.98 Å². The first-order valence-corrected chi connectivity index (χ1v) is 6.02. The van der Waals surface area contributed by atoms with Crippen molar-refractivity contribution >= 4 is 16.6 Å². The number of nitrogens with zero attached hydrogens (tertiary/aromatic N) is 1. The molecule has 0 bridgehead atoms. The highest BCUT2D eigenvalue weighted by molar-refractivity contribution is 5.93. The Morgan fingerprint density at radius 2 is 1.88 bits per heavy atom. The average Bonchev–Trinajstić information content (AvgIpc) is 2.25. The van der Waals surface area contributed by atoms with Crippen LogP contribution in [0, 0.1) is 6.92 Å². The lowest BCUT2D eigenvalue weighted by Crippen LogP contribution is -2.12. The Balaban J connectivity index is 2.85. The van der Waals surface area contributed by atoms with E-state index in [9.17, 15) is 0 Å². The molecule has 2 heteroatoms. The third-order valence-electron chi connectivity index (χ3n) is 3.04. The van der Waals surface area contributed by atoms with E-state index in [-0.39, 0.29) is 5.41 Å². The van der Waals surface area contributed by atoms with Gasteiger partial charge in [0.15, 0.2) is 0 Å². The third kappa shape index (κ3) is 2.12. The summed E-state index contributed by atoms with van der Waals surface area (Å²) >= 11 is 0.